The van der Waals surface area contributed by atoms with E-state index >= 15 is 0 Å². The first-order chi connectivity index (χ1) is 17.0. The van der Waals surface area contributed by atoms with Crippen molar-refractivity contribution in [3.05, 3.63) is 66.0 Å². The van der Waals surface area contributed by atoms with Crippen LogP contribution >= 0.6 is 0 Å². The molecule has 35 heavy (non-hydrogen) atoms. The minimum absolute atomic E-state index is 0.234. The molecule has 9 nitrogen and oxygen atoms in total. The van der Waals surface area contributed by atoms with Gasteiger partial charge in [-0.15, -0.1) is 0 Å². The van der Waals surface area contributed by atoms with Crippen molar-refractivity contribution in [3.63, 3.8) is 0 Å². The van der Waals surface area contributed by atoms with Crippen molar-refractivity contribution in [2.75, 3.05) is 56.1 Å². The average Bonchev–Trinajstić information content (AvgIpc) is 2.88. The largest absolute Gasteiger partial charge is 0.493 e. The molecule has 1 aliphatic rings. The molecule has 0 aliphatic carbocycles. The molecule has 0 atom stereocenters. The molecular formula is C26H29N5O4. The summed E-state index contributed by atoms with van der Waals surface area (Å²) in [6.07, 6.45) is 3.20. The smallest absolute Gasteiger partial charge is 0.248 e. The summed E-state index contributed by atoms with van der Waals surface area (Å²) in [7, 11) is 3.16. The van der Waals surface area contributed by atoms with Crippen LogP contribution in [0.4, 0.5) is 23.0 Å². The molecule has 1 aliphatic heterocycles. The Hall–Kier alpha value is -4.11. The molecule has 182 valence electrons. The van der Waals surface area contributed by atoms with E-state index in [-0.39, 0.29) is 5.91 Å². The zero-order chi connectivity index (χ0) is 24.6. The second-order valence-electron chi connectivity index (χ2n) is 7.90. The van der Waals surface area contributed by atoms with E-state index in [1.165, 1.54) is 6.08 Å². The van der Waals surface area contributed by atoms with Crippen LogP contribution in [-0.4, -0.2) is 56.4 Å². The Bertz CT molecular complexity index is 1190. The molecule has 0 spiro atoms. The van der Waals surface area contributed by atoms with Crippen LogP contribution in [0.15, 0.2) is 54.6 Å². The SMILES string of the molecule is COc1ccc(/C=C/C(=O)Nc2ccc(Nc3cc(N4CCOCC4)nc(C)n3)cc2)cc1OC. The number of aryl methyl sites for hydroxylation is 1. The first kappa shape index (κ1) is 24.0. The molecule has 2 heterocycles. The van der Waals surface area contributed by atoms with Gasteiger partial charge in [-0.25, -0.2) is 9.97 Å². The normalized spacial score (nSPS) is 13.5. The fourth-order valence-corrected chi connectivity index (χ4v) is 3.67. The van der Waals surface area contributed by atoms with E-state index in [0.717, 1.165) is 30.2 Å². The van der Waals surface area contributed by atoms with E-state index in [4.69, 9.17) is 14.2 Å². The standard InChI is InChI=1S/C26H29N5O4/c1-18-27-24(17-25(28-18)31-12-14-35-15-13-31)29-20-6-8-21(9-7-20)30-26(32)11-5-19-4-10-22(33-2)23(16-19)34-3/h4-11,16-17H,12-15H2,1-3H3,(H,30,32)(H,27,28,29)/b11-5+. The first-order valence-corrected chi connectivity index (χ1v) is 11.3. The summed E-state index contributed by atoms with van der Waals surface area (Å²) in [6, 6.07) is 14.8. The van der Waals surface area contributed by atoms with Crippen molar-refractivity contribution < 1.29 is 19.0 Å². The summed E-state index contributed by atoms with van der Waals surface area (Å²) >= 11 is 0. The highest BCUT2D eigenvalue weighted by Gasteiger charge is 2.14. The molecule has 1 aromatic heterocycles. The molecule has 0 radical (unpaired) electrons. The van der Waals surface area contributed by atoms with Crippen molar-refractivity contribution in [1.82, 2.24) is 9.97 Å². The second-order valence-corrected chi connectivity index (χ2v) is 7.90. The molecule has 9 heteroatoms. The Morgan fingerprint density at radius 3 is 2.40 bits per heavy atom. The topological polar surface area (TPSA) is 97.8 Å². The third-order valence-electron chi connectivity index (χ3n) is 5.42. The number of anilines is 4. The van der Waals surface area contributed by atoms with Gasteiger partial charge in [-0.3, -0.25) is 4.79 Å². The van der Waals surface area contributed by atoms with Crippen LogP contribution in [0.5, 0.6) is 11.5 Å². The van der Waals surface area contributed by atoms with Gasteiger partial charge in [-0.1, -0.05) is 6.07 Å². The zero-order valence-electron chi connectivity index (χ0n) is 20.1. The highest BCUT2D eigenvalue weighted by molar-refractivity contribution is 6.02. The maximum Gasteiger partial charge on any atom is 0.248 e. The average molecular weight is 476 g/mol. The number of nitrogens with one attached hydrogen (secondary N) is 2. The van der Waals surface area contributed by atoms with Gasteiger partial charge in [0.2, 0.25) is 5.91 Å². The molecular weight excluding hydrogens is 446 g/mol. The van der Waals surface area contributed by atoms with Gasteiger partial charge >= 0.3 is 0 Å². The summed E-state index contributed by atoms with van der Waals surface area (Å²) in [4.78, 5) is 23.6. The minimum atomic E-state index is -0.234. The fraction of sp³-hybridized carbons (Fsp3) is 0.269. The summed E-state index contributed by atoms with van der Waals surface area (Å²) in [6.45, 7) is 4.89. The van der Waals surface area contributed by atoms with Crippen LogP contribution in [0, 0.1) is 6.92 Å². The number of rotatable bonds is 8. The zero-order valence-corrected chi connectivity index (χ0v) is 20.1. The van der Waals surface area contributed by atoms with Gasteiger partial charge in [-0.2, -0.15) is 0 Å². The van der Waals surface area contributed by atoms with Crippen molar-refractivity contribution in [2.24, 2.45) is 0 Å². The van der Waals surface area contributed by atoms with Crippen LogP contribution in [0.3, 0.4) is 0 Å². The summed E-state index contributed by atoms with van der Waals surface area (Å²) < 4.78 is 16.0. The van der Waals surface area contributed by atoms with Gasteiger partial charge in [-0.05, 0) is 55.0 Å². The lowest BCUT2D eigenvalue weighted by molar-refractivity contribution is -0.111. The number of hydrogen-bond acceptors (Lipinski definition) is 8. The lowest BCUT2D eigenvalue weighted by Gasteiger charge is -2.28. The highest BCUT2D eigenvalue weighted by atomic mass is 16.5. The van der Waals surface area contributed by atoms with Crippen molar-refractivity contribution in [3.8, 4) is 11.5 Å². The van der Waals surface area contributed by atoms with Crippen LogP contribution in [0.25, 0.3) is 6.08 Å². The summed E-state index contributed by atoms with van der Waals surface area (Å²) in [5, 5.41) is 6.18. The van der Waals surface area contributed by atoms with E-state index in [1.807, 2.05) is 49.4 Å². The number of carbonyl (C=O) groups is 1. The maximum absolute atomic E-state index is 12.4. The Labute approximate surface area is 204 Å². The second kappa shape index (κ2) is 11.3. The number of carbonyl (C=O) groups excluding carboxylic acids is 1. The van der Waals surface area contributed by atoms with Gasteiger partial charge in [0, 0.05) is 36.6 Å². The number of hydrogen-bond donors (Lipinski definition) is 2. The number of methoxy groups -OCH3 is 2. The summed E-state index contributed by atoms with van der Waals surface area (Å²) in [5.41, 5.74) is 2.37. The third kappa shape index (κ3) is 6.48. The Balaban J connectivity index is 1.36. The van der Waals surface area contributed by atoms with E-state index in [0.29, 0.717) is 42.0 Å². The monoisotopic (exact) mass is 475 g/mol. The summed E-state index contributed by atoms with van der Waals surface area (Å²) in [5.74, 6) is 3.30. The van der Waals surface area contributed by atoms with Crippen LogP contribution < -0.4 is 25.0 Å². The van der Waals surface area contributed by atoms with E-state index in [2.05, 4.69) is 25.5 Å². The van der Waals surface area contributed by atoms with Crippen LogP contribution in [0.2, 0.25) is 0 Å². The number of ether oxygens (including phenoxy) is 3. The number of benzene rings is 2. The Morgan fingerprint density at radius 1 is 0.971 bits per heavy atom. The fourth-order valence-electron chi connectivity index (χ4n) is 3.67. The number of amides is 1. The maximum atomic E-state index is 12.4. The van der Waals surface area contributed by atoms with E-state index < -0.39 is 0 Å². The number of aromatic nitrogens is 2. The predicted octanol–water partition coefficient (Wildman–Crippen LogP) is 4.03. The van der Waals surface area contributed by atoms with Crippen LogP contribution in [-0.2, 0) is 9.53 Å². The molecule has 4 rings (SSSR count). The quantitative estimate of drug-likeness (QED) is 0.471. The van der Waals surface area contributed by atoms with Gasteiger partial charge < -0.3 is 29.7 Å². The van der Waals surface area contributed by atoms with Crippen molar-refractivity contribution in [1.29, 1.82) is 0 Å². The van der Waals surface area contributed by atoms with E-state index in [9.17, 15) is 4.79 Å². The van der Waals surface area contributed by atoms with E-state index in [1.54, 1.807) is 26.4 Å². The van der Waals surface area contributed by atoms with Crippen LogP contribution in [0.1, 0.15) is 11.4 Å². The molecule has 2 N–H and O–H groups in total. The lowest BCUT2D eigenvalue weighted by Crippen LogP contribution is -2.36. The Morgan fingerprint density at radius 2 is 1.69 bits per heavy atom. The third-order valence-corrected chi connectivity index (χ3v) is 5.42. The molecule has 3 aromatic rings. The van der Waals surface area contributed by atoms with Gasteiger partial charge in [0.25, 0.3) is 0 Å². The molecule has 1 amide bonds. The Kier molecular flexibility index (Phi) is 7.79. The van der Waals surface area contributed by atoms with Crippen molar-refractivity contribution >= 4 is 35.0 Å². The number of morpholine rings is 1. The van der Waals surface area contributed by atoms with Gasteiger partial charge in [0.15, 0.2) is 11.5 Å². The molecule has 1 saturated heterocycles. The lowest BCUT2D eigenvalue weighted by atomic mass is 10.2. The molecule has 2 aromatic carbocycles. The van der Waals surface area contributed by atoms with Gasteiger partial charge in [0.05, 0.1) is 27.4 Å². The highest BCUT2D eigenvalue weighted by Crippen LogP contribution is 2.28. The molecule has 0 saturated carbocycles. The first-order valence-electron chi connectivity index (χ1n) is 11.3. The molecule has 0 bridgehead atoms. The molecule has 1 fully saturated rings. The number of nitrogens with zero attached hydrogens (tertiary/aromatic N) is 3. The minimum Gasteiger partial charge on any atom is -0.493 e. The predicted molar refractivity (Wildman–Crippen MR) is 137 cm³/mol. The molecule has 0 unspecified atom stereocenters. The van der Waals surface area contributed by atoms with Gasteiger partial charge in [0.1, 0.15) is 17.5 Å². The van der Waals surface area contributed by atoms with Crippen molar-refractivity contribution in [2.45, 2.75) is 6.92 Å².